The van der Waals surface area contributed by atoms with Crippen molar-refractivity contribution in [1.29, 1.82) is 0 Å². The maximum Gasteiger partial charge on any atom is 0.344 e. The smallest absolute Gasteiger partial charge is 0.344 e. The van der Waals surface area contributed by atoms with Gasteiger partial charge in [0.15, 0.2) is 6.61 Å². The van der Waals surface area contributed by atoms with Crippen molar-refractivity contribution in [1.82, 2.24) is 15.8 Å². The van der Waals surface area contributed by atoms with Crippen LogP contribution in [0.2, 0.25) is 5.02 Å². The number of halogens is 1. The van der Waals surface area contributed by atoms with Crippen molar-refractivity contribution in [2.45, 2.75) is 37.6 Å². The highest BCUT2D eigenvalue weighted by atomic mass is 35.5. The number of nitrogens with zero attached hydrogens (tertiary/aromatic N) is 1. The molecule has 2 aromatic rings. The summed E-state index contributed by atoms with van der Waals surface area (Å²) in [6.07, 6.45) is 3.95. The maximum atomic E-state index is 12.7. The largest absolute Gasteiger partial charge is 0.482 e. The van der Waals surface area contributed by atoms with Crippen LogP contribution in [0, 0.1) is 0 Å². The summed E-state index contributed by atoms with van der Waals surface area (Å²) < 4.78 is 5.49. The minimum absolute atomic E-state index is 0.340. The molecule has 1 aliphatic heterocycles. The van der Waals surface area contributed by atoms with Crippen molar-refractivity contribution in [3.8, 4) is 16.9 Å². The first-order chi connectivity index (χ1) is 14.5. The quantitative estimate of drug-likeness (QED) is 0.712. The monoisotopic (exact) mass is 427 g/mol. The lowest BCUT2D eigenvalue weighted by atomic mass is 9.82. The summed E-state index contributed by atoms with van der Waals surface area (Å²) in [7, 11) is 0. The number of hydrazine groups is 1. The van der Waals surface area contributed by atoms with Gasteiger partial charge in [-0.25, -0.2) is 4.79 Å². The number of rotatable bonds is 5. The summed E-state index contributed by atoms with van der Waals surface area (Å²) in [6, 6.07) is 14.4. The molecule has 0 radical (unpaired) electrons. The maximum absolute atomic E-state index is 12.7. The van der Waals surface area contributed by atoms with E-state index in [0.717, 1.165) is 35.4 Å². The summed E-state index contributed by atoms with van der Waals surface area (Å²) >= 11 is 6.29. The summed E-state index contributed by atoms with van der Waals surface area (Å²) in [5.41, 5.74) is 3.39. The first-order valence-electron chi connectivity index (χ1n) is 9.92. The molecule has 4 amide bonds. The van der Waals surface area contributed by atoms with E-state index in [1.54, 1.807) is 12.1 Å². The molecule has 2 aromatic carbocycles. The van der Waals surface area contributed by atoms with Gasteiger partial charge in [-0.2, -0.15) is 5.01 Å². The van der Waals surface area contributed by atoms with Gasteiger partial charge in [0.05, 0.1) is 5.02 Å². The number of urea groups is 1. The number of carbonyl (C=O) groups excluding carboxylic acids is 3. The van der Waals surface area contributed by atoms with Crippen LogP contribution in [0.1, 0.15) is 32.1 Å². The fourth-order valence-corrected chi connectivity index (χ4v) is 4.18. The van der Waals surface area contributed by atoms with E-state index in [9.17, 15) is 14.4 Å². The van der Waals surface area contributed by atoms with Crippen LogP contribution in [0.15, 0.2) is 48.5 Å². The number of amides is 4. The first-order valence-corrected chi connectivity index (χ1v) is 10.3. The van der Waals surface area contributed by atoms with Crippen molar-refractivity contribution in [2.24, 2.45) is 0 Å². The zero-order chi connectivity index (χ0) is 21.1. The Bertz CT molecular complexity index is 974. The summed E-state index contributed by atoms with van der Waals surface area (Å²) in [5.74, 6) is -0.687. The number of ether oxygens (including phenoxy) is 1. The van der Waals surface area contributed by atoms with E-state index < -0.39 is 23.4 Å². The molecule has 7 nitrogen and oxygen atoms in total. The molecule has 1 saturated carbocycles. The molecule has 1 aliphatic carbocycles. The number of benzene rings is 2. The summed E-state index contributed by atoms with van der Waals surface area (Å²) in [6.45, 7) is -0.380. The Labute approximate surface area is 179 Å². The molecule has 30 heavy (non-hydrogen) atoms. The predicted molar refractivity (Wildman–Crippen MR) is 112 cm³/mol. The van der Waals surface area contributed by atoms with Crippen LogP contribution in [0.4, 0.5) is 4.79 Å². The van der Waals surface area contributed by atoms with E-state index >= 15 is 0 Å². The third-order valence-electron chi connectivity index (χ3n) is 5.50. The van der Waals surface area contributed by atoms with Crippen molar-refractivity contribution in [3.05, 3.63) is 53.6 Å². The molecule has 2 fully saturated rings. The highest BCUT2D eigenvalue weighted by molar-refractivity contribution is 6.32. The van der Waals surface area contributed by atoms with Gasteiger partial charge in [0.1, 0.15) is 11.3 Å². The molecule has 8 heteroatoms. The Morgan fingerprint density at radius 1 is 1.07 bits per heavy atom. The molecule has 1 heterocycles. The second kappa shape index (κ2) is 8.36. The summed E-state index contributed by atoms with van der Waals surface area (Å²) in [4.78, 5) is 37.2. The van der Waals surface area contributed by atoms with E-state index in [1.165, 1.54) is 0 Å². The van der Waals surface area contributed by atoms with Gasteiger partial charge in [-0.3, -0.25) is 15.0 Å². The Balaban J connectivity index is 1.36. The van der Waals surface area contributed by atoms with Crippen molar-refractivity contribution in [2.75, 3.05) is 6.61 Å². The second-order valence-corrected chi connectivity index (χ2v) is 7.96. The number of imide groups is 1. The molecule has 0 bridgehead atoms. The van der Waals surface area contributed by atoms with Crippen LogP contribution >= 0.6 is 11.6 Å². The molecule has 0 aromatic heterocycles. The first kappa shape index (κ1) is 20.2. The van der Waals surface area contributed by atoms with Crippen LogP contribution in [-0.2, 0) is 9.59 Å². The van der Waals surface area contributed by atoms with Gasteiger partial charge in [-0.15, -0.1) is 0 Å². The number of hydrogen-bond donors (Lipinski definition) is 2. The van der Waals surface area contributed by atoms with Crippen molar-refractivity contribution < 1.29 is 19.1 Å². The van der Waals surface area contributed by atoms with Gasteiger partial charge in [0.25, 0.3) is 11.8 Å². The van der Waals surface area contributed by atoms with Gasteiger partial charge in [-0.1, -0.05) is 67.3 Å². The van der Waals surface area contributed by atoms with Gasteiger partial charge in [-0.05, 0) is 36.1 Å². The Kier molecular flexibility index (Phi) is 5.63. The van der Waals surface area contributed by atoms with Crippen LogP contribution < -0.4 is 15.5 Å². The molecular formula is C22H22ClN3O4. The third-order valence-corrected chi connectivity index (χ3v) is 5.80. The average Bonchev–Trinajstić information content (AvgIpc) is 2.98. The molecule has 156 valence electrons. The van der Waals surface area contributed by atoms with Crippen LogP contribution in [0.25, 0.3) is 11.1 Å². The van der Waals surface area contributed by atoms with E-state index in [4.69, 9.17) is 16.3 Å². The number of nitrogens with one attached hydrogen (secondary N) is 2. The topological polar surface area (TPSA) is 87.7 Å². The molecule has 1 saturated heterocycles. The molecule has 2 aliphatic rings. The van der Waals surface area contributed by atoms with E-state index in [-0.39, 0.29) is 6.61 Å². The summed E-state index contributed by atoms with van der Waals surface area (Å²) in [5, 5.41) is 3.86. The van der Waals surface area contributed by atoms with Gasteiger partial charge in [0, 0.05) is 0 Å². The molecule has 2 N–H and O–H groups in total. The lowest BCUT2D eigenvalue weighted by molar-refractivity contribution is -0.140. The minimum atomic E-state index is -0.889. The lowest BCUT2D eigenvalue weighted by Crippen LogP contribution is -2.51. The van der Waals surface area contributed by atoms with E-state index in [2.05, 4.69) is 10.7 Å². The predicted octanol–water partition coefficient (Wildman–Crippen LogP) is 3.67. The van der Waals surface area contributed by atoms with Crippen molar-refractivity contribution >= 4 is 29.4 Å². The van der Waals surface area contributed by atoms with Crippen LogP contribution in [-0.4, -0.2) is 35.0 Å². The zero-order valence-electron chi connectivity index (χ0n) is 16.3. The van der Waals surface area contributed by atoms with Crippen LogP contribution in [0.5, 0.6) is 5.75 Å². The SMILES string of the molecule is O=C(COc1ccc(-c2ccccc2)cc1Cl)NN1C(=O)NC2(CCCCC2)C1=O. The van der Waals surface area contributed by atoms with Gasteiger partial charge >= 0.3 is 6.03 Å². The normalized spacial score (nSPS) is 17.7. The molecule has 0 unspecified atom stereocenters. The Morgan fingerprint density at radius 3 is 2.50 bits per heavy atom. The Morgan fingerprint density at radius 2 is 1.80 bits per heavy atom. The molecule has 1 spiro atoms. The fourth-order valence-electron chi connectivity index (χ4n) is 3.94. The third kappa shape index (κ3) is 3.98. The van der Waals surface area contributed by atoms with Crippen molar-refractivity contribution in [3.63, 3.8) is 0 Å². The highest BCUT2D eigenvalue weighted by Crippen LogP contribution is 2.33. The minimum Gasteiger partial charge on any atom is -0.482 e. The number of hydrogen-bond acceptors (Lipinski definition) is 4. The van der Waals surface area contributed by atoms with Gasteiger partial charge in [0.2, 0.25) is 0 Å². The molecule has 4 rings (SSSR count). The van der Waals surface area contributed by atoms with Gasteiger partial charge < -0.3 is 10.1 Å². The van der Waals surface area contributed by atoms with E-state index in [0.29, 0.717) is 23.6 Å². The average molecular weight is 428 g/mol. The highest BCUT2D eigenvalue weighted by Gasteiger charge is 2.52. The lowest BCUT2D eigenvalue weighted by Gasteiger charge is -2.30. The van der Waals surface area contributed by atoms with Crippen LogP contribution in [0.3, 0.4) is 0 Å². The standard InChI is InChI=1S/C22H22ClN3O4/c23-17-13-16(15-7-3-1-4-8-15)9-10-18(17)30-14-19(27)25-26-20(28)22(24-21(26)29)11-5-2-6-12-22/h1,3-4,7-10,13H,2,5-6,11-12,14H2,(H,24,29)(H,25,27). The Hall–Kier alpha value is -3.06. The van der Waals surface area contributed by atoms with E-state index in [1.807, 2.05) is 36.4 Å². The zero-order valence-corrected chi connectivity index (χ0v) is 17.1. The second-order valence-electron chi connectivity index (χ2n) is 7.55. The molecule has 0 atom stereocenters. The fraction of sp³-hybridized carbons (Fsp3) is 0.318. The molecular weight excluding hydrogens is 406 g/mol. The number of carbonyl (C=O) groups is 3.